The van der Waals surface area contributed by atoms with E-state index in [1.807, 2.05) is 26.8 Å². The lowest BCUT2D eigenvalue weighted by molar-refractivity contribution is 0.243. The van der Waals surface area contributed by atoms with Gasteiger partial charge in [-0.1, -0.05) is 31.5 Å². The van der Waals surface area contributed by atoms with Gasteiger partial charge < -0.3 is 10.6 Å². The molecule has 118 valence electrons. The molecule has 0 unspecified atom stereocenters. The van der Waals surface area contributed by atoms with Gasteiger partial charge in [-0.2, -0.15) is 5.10 Å². The molecule has 2 N–H and O–H groups in total. The first-order valence-corrected chi connectivity index (χ1v) is 7.44. The summed E-state index contributed by atoms with van der Waals surface area (Å²) in [6, 6.07) is 4.91. The first-order chi connectivity index (χ1) is 10.4. The fraction of sp³-hybridized carbons (Fsp3) is 0.400. The Bertz CT molecular complexity index is 668. The van der Waals surface area contributed by atoms with Crippen molar-refractivity contribution in [2.45, 2.75) is 26.8 Å². The molecule has 1 atom stereocenters. The van der Waals surface area contributed by atoms with Gasteiger partial charge >= 0.3 is 6.03 Å². The molecular formula is C15H20ClN5O. The number of halogens is 1. The zero-order valence-corrected chi connectivity index (χ0v) is 13.8. The van der Waals surface area contributed by atoms with Gasteiger partial charge in [0.1, 0.15) is 12.2 Å². The summed E-state index contributed by atoms with van der Waals surface area (Å²) in [5.74, 6) is 0.877. The predicted octanol–water partition coefficient (Wildman–Crippen LogP) is 3.30. The third kappa shape index (κ3) is 3.76. The number of nitrogens with zero attached hydrogens (tertiary/aromatic N) is 3. The zero-order valence-electron chi connectivity index (χ0n) is 13.1. The summed E-state index contributed by atoms with van der Waals surface area (Å²) in [5.41, 5.74) is 1.61. The topological polar surface area (TPSA) is 71.8 Å². The van der Waals surface area contributed by atoms with E-state index in [-0.39, 0.29) is 18.0 Å². The van der Waals surface area contributed by atoms with Gasteiger partial charge in [0, 0.05) is 7.05 Å². The van der Waals surface area contributed by atoms with Crippen molar-refractivity contribution in [1.29, 1.82) is 0 Å². The van der Waals surface area contributed by atoms with Crippen LogP contribution in [0.2, 0.25) is 5.02 Å². The summed E-state index contributed by atoms with van der Waals surface area (Å²) in [5, 5.41) is 10.2. The third-order valence-electron chi connectivity index (χ3n) is 3.35. The highest BCUT2D eigenvalue weighted by atomic mass is 35.5. The molecule has 6 nitrogen and oxygen atoms in total. The van der Waals surface area contributed by atoms with Crippen molar-refractivity contribution in [3.63, 3.8) is 0 Å². The molecule has 0 aliphatic rings. The number of hydrogen-bond acceptors (Lipinski definition) is 3. The summed E-state index contributed by atoms with van der Waals surface area (Å²) in [7, 11) is 1.80. The molecule has 1 aromatic carbocycles. The SMILES string of the molecule is Cc1ccc(NC(=O)N[C@H](c2ncnn2C)C(C)C)c(Cl)c1. The first-order valence-electron chi connectivity index (χ1n) is 7.06. The minimum Gasteiger partial charge on any atom is -0.328 e. The Kier molecular flexibility index (Phi) is 5.03. The van der Waals surface area contributed by atoms with E-state index in [2.05, 4.69) is 20.7 Å². The average molecular weight is 322 g/mol. The minimum atomic E-state index is -0.326. The fourth-order valence-electron chi connectivity index (χ4n) is 2.14. The number of carbonyl (C=O) groups excluding carboxylic acids is 1. The Balaban J connectivity index is 2.10. The molecule has 22 heavy (non-hydrogen) atoms. The Morgan fingerprint density at radius 2 is 2.09 bits per heavy atom. The van der Waals surface area contributed by atoms with Gasteiger partial charge in [0.2, 0.25) is 0 Å². The van der Waals surface area contributed by atoms with Gasteiger partial charge in [-0.3, -0.25) is 4.68 Å². The second kappa shape index (κ2) is 6.79. The lowest BCUT2D eigenvalue weighted by Gasteiger charge is -2.21. The smallest absolute Gasteiger partial charge is 0.319 e. The molecule has 1 aromatic heterocycles. The van der Waals surface area contributed by atoms with Crippen LogP contribution in [0.4, 0.5) is 10.5 Å². The van der Waals surface area contributed by atoms with Crippen molar-refractivity contribution in [1.82, 2.24) is 20.1 Å². The van der Waals surface area contributed by atoms with Gasteiger partial charge in [0.15, 0.2) is 0 Å². The monoisotopic (exact) mass is 321 g/mol. The van der Waals surface area contributed by atoms with Crippen molar-refractivity contribution in [2.75, 3.05) is 5.32 Å². The second-order valence-corrected chi connectivity index (χ2v) is 5.95. The van der Waals surface area contributed by atoms with Crippen LogP contribution in [0.5, 0.6) is 0 Å². The molecule has 0 fully saturated rings. The van der Waals surface area contributed by atoms with Gasteiger partial charge in [0.05, 0.1) is 16.8 Å². The molecule has 0 aliphatic heterocycles. The van der Waals surface area contributed by atoms with Crippen LogP contribution in [-0.4, -0.2) is 20.8 Å². The lowest BCUT2D eigenvalue weighted by atomic mass is 10.0. The van der Waals surface area contributed by atoms with Crippen LogP contribution in [0, 0.1) is 12.8 Å². The highest BCUT2D eigenvalue weighted by molar-refractivity contribution is 6.33. The zero-order chi connectivity index (χ0) is 16.3. The second-order valence-electron chi connectivity index (χ2n) is 5.55. The maximum atomic E-state index is 12.2. The van der Waals surface area contributed by atoms with Gasteiger partial charge in [-0.05, 0) is 30.5 Å². The number of anilines is 1. The number of aryl methyl sites for hydroxylation is 2. The highest BCUT2D eigenvalue weighted by Crippen LogP contribution is 2.23. The molecular weight excluding hydrogens is 302 g/mol. The van der Waals surface area contributed by atoms with Crippen molar-refractivity contribution >= 4 is 23.3 Å². The van der Waals surface area contributed by atoms with Crippen LogP contribution in [0.1, 0.15) is 31.3 Å². The van der Waals surface area contributed by atoms with Crippen LogP contribution < -0.4 is 10.6 Å². The Labute approximate surface area is 134 Å². The van der Waals surface area contributed by atoms with E-state index < -0.39 is 0 Å². The molecule has 0 saturated heterocycles. The van der Waals surface area contributed by atoms with Crippen LogP contribution in [-0.2, 0) is 7.05 Å². The Hall–Kier alpha value is -2.08. The number of nitrogens with one attached hydrogen (secondary N) is 2. The standard InChI is InChI=1S/C15H20ClN5O/c1-9(2)13(14-17-8-18-21(14)4)20-15(22)19-12-6-5-10(3)7-11(12)16/h5-9,13H,1-4H3,(H2,19,20,22)/t13-/m0/s1. The normalized spacial score (nSPS) is 12.3. The molecule has 0 radical (unpaired) electrons. The number of aromatic nitrogens is 3. The van der Waals surface area contributed by atoms with Crippen molar-refractivity contribution in [2.24, 2.45) is 13.0 Å². The summed E-state index contributed by atoms with van der Waals surface area (Å²) in [4.78, 5) is 16.4. The summed E-state index contributed by atoms with van der Waals surface area (Å²) in [6.45, 7) is 5.97. The average Bonchev–Trinajstić information content (AvgIpc) is 2.85. The summed E-state index contributed by atoms with van der Waals surface area (Å²) < 4.78 is 1.66. The predicted molar refractivity (Wildman–Crippen MR) is 86.9 cm³/mol. The largest absolute Gasteiger partial charge is 0.328 e. The number of urea groups is 1. The van der Waals surface area contributed by atoms with E-state index in [0.29, 0.717) is 16.5 Å². The fourth-order valence-corrected chi connectivity index (χ4v) is 2.42. The number of hydrogen-bond donors (Lipinski definition) is 2. The molecule has 1 heterocycles. The Morgan fingerprint density at radius 3 is 2.64 bits per heavy atom. The van der Waals surface area contributed by atoms with E-state index in [1.54, 1.807) is 23.9 Å². The number of carbonyl (C=O) groups is 1. The molecule has 7 heteroatoms. The number of benzene rings is 1. The van der Waals surface area contributed by atoms with Crippen molar-refractivity contribution < 1.29 is 4.79 Å². The first kappa shape index (κ1) is 16.3. The Morgan fingerprint density at radius 1 is 1.36 bits per heavy atom. The summed E-state index contributed by atoms with van der Waals surface area (Å²) >= 11 is 6.13. The minimum absolute atomic E-state index is 0.169. The molecule has 0 spiro atoms. The molecule has 2 aromatic rings. The van der Waals surface area contributed by atoms with Crippen LogP contribution in [0.15, 0.2) is 24.5 Å². The van der Waals surface area contributed by atoms with Crippen molar-refractivity contribution in [3.8, 4) is 0 Å². The molecule has 0 saturated carbocycles. The number of rotatable bonds is 4. The molecule has 2 rings (SSSR count). The maximum Gasteiger partial charge on any atom is 0.319 e. The van der Waals surface area contributed by atoms with E-state index in [9.17, 15) is 4.79 Å². The van der Waals surface area contributed by atoms with Crippen LogP contribution >= 0.6 is 11.6 Å². The molecule has 2 amide bonds. The lowest BCUT2D eigenvalue weighted by Crippen LogP contribution is -2.36. The summed E-state index contributed by atoms with van der Waals surface area (Å²) in [6.07, 6.45) is 1.47. The third-order valence-corrected chi connectivity index (χ3v) is 3.66. The van der Waals surface area contributed by atoms with E-state index in [4.69, 9.17) is 11.6 Å². The van der Waals surface area contributed by atoms with Crippen LogP contribution in [0.3, 0.4) is 0 Å². The van der Waals surface area contributed by atoms with Crippen LogP contribution in [0.25, 0.3) is 0 Å². The van der Waals surface area contributed by atoms with E-state index in [0.717, 1.165) is 5.56 Å². The number of amides is 2. The van der Waals surface area contributed by atoms with E-state index >= 15 is 0 Å². The molecule has 0 aliphatic carbocycles. The van der Waals surface area contributed by atoms with Gasteiger partial charge in [-0.15, -0.1) is 0 Å². The van der Waals surface area contributed by atoms with Gasteiger partial charge in [0.25, 0.3) is 0 Å². The van der Waals surface area contributed by atoms with Crippen molar-refractivity contribution in [3.05, 3.63) is 40.9 Å². The highest BCUT2D eigenvalue weighted by Gasteiger charge is 2.22. The maximum absolute atomic E-state index is 12.2. The molecule has 0 bridgehead atoms. The van der Waals surface area contributed by atoms with Gasteiger partial charge in [-0.25, -0.2) is 9.78 Å². The van der Waals surface area contributed by atoms with E-state index in [1.165, 1.54) is 6.33 Å². The quantitative estimate of drug-likeness (QED) is 0.907.